The van der Waals surface area contributed by atoms with Gasteiger partial charge >= 0.3 is 0 Å². The Bertz CT molecular complexity index is 1690. The summed E-state index contributed by atoms with van der Waals surface area (Å²) in [5.41, 5.74) is 8.61. The summed E-state index contributed by atoms with van der Waals surface area (Å²) >= 11 is 0. The van der Waals surface area contributed by atoms with Gasteiger partial charge in [-0.25, -0.2) is 0 Å². The van der Waals surface area contributed by atoms with E-state index in [0.717, 1.165) is 44.5 Å². The van der Waals surface area contributed by atoms with Gasteiger partial charge in [-0.05, 0) is 33.9 Å². The molecule has 0 atom stereocenters. The van der Waals surface area contributed by atoms with E-state index in [2.05, 4.69) is 36.4 Å². The molecular weight excluding hydrogens is 464 g/mol. The molecule has 2 N–H and O–H groups in total. The summed E-state index contributed by atoms with van der Waals surface area (Å²) < 4.78 is 0. The van der Waals surface area contributed by atoms with E-state index in [1.54, 1.807) is 12.1 Å². The molecule has 0 aromatic heterocycles. The third-order valence-corrected chi connectivity index (χ3v) is 6.90. The summed E-state index contributed by atoms with van der Waals surface area (Å²) in [6, 6.07) is 47.8. The summed E-state index contributed by atoms with van der Waals surface area (Å²) in [5.74, 6) is 0.251. The van der Waals surface area contributed by atoms with Gasteiger partial charge in [0.25, 0.3) is 0 Å². The first kappa shape index (κ1) is 23.3. The number of benzene rings is 6. The van der Waals surface area contributed by atoms with Crippen LogP contribution in [0.1, 0.15) is 0 Å². The van der Waals surface area contributed by atoms with Crippen molar-refractivity contribution in [2.45, 2.75) is 0 Å². The molecule has 0 radical (unpaired) electrons. The second kappa shape index (κ2) is 10.1. The van der Waals surface area contributed by atoms with Crippen LogP contribution in [-0.4, -0.2) is 10.2 Å². The lowest BCUT2D eigenvalue weighted by molar-refractivity contribution is 0.470. The number of rotatable bonds is 5. The maximum atomic E-state index is 12.3. The first-order chi connectivity index (χ1) is 18.7. The van der Waals surface area contributed by atoms with Gasteiger partial charge in [-0.15, -0.1) is 0 Å². The molecule has 0 saturated heterocycles. The van der Waals surface area contributed by atoms with Crippen LogP contribution in [0.25, 0.3) is 55.6 Å². The van der Waals surface area contributed by atoms with E-state index in [9.17, 15) is 10.2 Å². The van der Waals surface area contributed by atoms with Crippen molar-refractivity contribution in [2.75, 3.05) is 0 Å². The van der Waals surface area contributed by atoms with Crippen LogP contribution in [0.5, 0.6) is 11.5 Å². The molecule has 0 fully saturated rings. The molecule has 0 bridgehead atoms. The van der Waals surface area contributed by atoms with Crippen LogP contribution in [0.4, 0.5) is 0 Å². The van der Waals surface area contributed by atoms with Crippen molar-refractivity contribution < 1.29 is 10.2 Å². The van der Waals surface area contributed by atoms with Crippen LogP contribution >= 0.6 is 0 Å². The number of phenols is 2. The second-order valence-electron chi connectivity index (χ2n) is 9.20. The standard InChI is InChI=1S/C36H26O2/c37-30-24-14-13-23-29(30)35-33(27-19-9-3-10-20-27)31(25-15-5-1-6-16-25)32(26-17-7-2-8-18-26)34(36(35)38)28-21-11-4-12-22-28/h1-24,37-38H. The summed E-state index contributed by atoms with van der Waals surface area (Å²) in [6.07, 6.45) is 0. The van der Waals surface area contributed by atoms with Crippen molar-refractivity contribution in [3.05, 3.63) is 146 Å². The van der Waals surface area contributed by atoms with Crippen LogP contribution in [0, 0.1) is 0 Å². The van der Waals surface area contributed by atoms with Gasteiger partial charge in [-0.3, -0.25) is 0 Å². The van der Waals surface area contributed by atoms with Crippen LogP contribution in [-0.2, 0) is 0 Å². The number of hydrogen-bond donors (Lipinski definition) is 2. The molecule has 0 amide bonds. The van der Waals surface area contributed by atoms with E-state index in [1.165, 1.54) is 0 Å². The number of phenolic OH excluding ortho intramolecular Hbond substituents is 2. The number of aromatic hydroxyl groups is 2. The summed E-state index contributed by atoms with van der Waals surface area (Å²) in [5, 5.41) is 23.3. The topological polar surface area (TPSA) is 40.5 Å². The molecule has 0 spiro atoms. The van der Waals surface area contributed by atoms with Crippen LogP contribution < -0.4 is 0 Å². The highest BCUT2D eigenvalue weighted by atomic mass is 16.3. The Morgan fingerprint density at radius 2 is 0.605 bits per heavy atom. The Morgan fingerprint density at radius 3 is 1.03 bits per heavy atom. The molecule has 38 heavy (non-hydrogen) atoms. The van der Waals surface area contributed by atoms with Gasteiger partial charge in [0.2, 0.25) is 0 Å². The predicted molar refractivity (Wildman–Crippen MR) is 157 cm³/mol. The third kappa shape index (κ3) is 4.12. The van der Waals surface area contributed by atoms with Gasteiger partial charge < -0.3 is 10.2 Å². The fourth-order valence-electron chi connectivity index (χ4n) is 5.25. The molecule has 6 aromatic carbocycles. The Labute approximate surface area is 222 Å². The van der Waals surface area contributed by atoms with Crippen molar-refractivity contribution in [2.24, 2.45) is 0 Å². The van der Waals surface area contributed by atoms with Crippen molar-refractivity contribution in [3.8, 4) is 67.1 Å². The molecule has 182 valence electrons. The van der Waals surface area contributed by atoms with Crippen molar-refractivity contribution in [1.82, 2.24) is 0 Å². The molecule has 6 aromatic rings. The molecule has 0 unspecified atom stereocenters. The lowest BCUT2D eigenvalue weighted by Gasteiger charge is -2.26. The molecule has 0 saturated carbocycles. The Balaban J connectivity index is 1.90. The van der Waals surface area contributed by atoms with Crippen molar-refractivity contribution in [1.29, 1.82) is 0 Å². The van der Waals surface area contributed by atoms with Gasteiger partial charge in [0.05, 0.1) is 0 Å². The SMILES string of the molecule is Oc1ccccc1-c1c(O)c(-c2ccccc2)c(-c2ccccc2)c(-c2ccccc2)c1-c1ccccc1. The molecular formula is C36H26O2. The van der Waals surface area contributed by atoms with Crippen LogP contribution in [0.3, 0.4) is 0 Å². The van der Waals surface area contributed by atoms with E-state index in [-0.39, 0.29) is 11.5 Å². The zero-order valence-corrected chi connectivity index (χ0v) is 20.8. The number of para-hydroxylation sites is 1. The van der Waals surface area contributed by atoms with Crippen LogP contribution in [0.15, 0.2) is 146 Å². The highest BCUT2D eigenvalue weighted by Crippen LogP contribution is 2.56. The predicted octanol–water partition coefficient (Wildman–Crippen LogP) is 9.43. The summed E-state index contributed by atoms with van der Waals surface area (Å²) in [7, 11) is 0. The normalized spacial score (nSPS) is 10.8. The zero-order chi connectivity index (χ0) is 25.9. The molecule has 2 heteroatoms. The maximum Gasteiger partial charge on any atom is 0.132 e. The molecule has 0 aliphatic heterocycles. The van der Waals surface area contributed by atoms with Gasteiger partial charge in [-0.1, -0.05) is 140 Å². The Morgan fingerprint density at radius 1 is 0.289 bits per heavy atom. The van der Waals surface area contributed by atoms with Gasteiger partial charge in [-0.2, -0.15) is 0 Å². The molecule has 0 aliphatic carbocycles. The third-order valence-electron chi connectivity index (χ3n) is 6.90. The Kier molecular flexibility index (Phi) is 6.21. The minimum Gasteiger partial charge on any atom is -0.507 e. The second-order valence-corrected chi connectivity index (χ2v) is 9.20. The largest absolute Gasteiger partial charge is 0.507 e. The Hall–Kier alpha value is -5.08. The molecule has 0 aliphatic rings. The van der Waals surface area contributed by atoms with E-state index in [0.29, 0.717) is 11.1 Å². The maximum absolute atomic E-state index is 12.3. The minimum atomic E-state index is 0.116. The fourth-order valence-corrected chi connectivity index (χ4v) is 5.25. The van der Waals surface area contributed by atoms with E-state index < -0.39 is 0 Å². The number of hydrogen-bond acceptors (Lipinski definition) is 2. The van der Waals surface area contributed by atoms with E-state index in [4.69, 9.17) is 0 Å². The summed E-state index contributed by atoms with van der Waals surface area (Å²) in [6.45, 7) is 0. The highest BCUT2D eigenvalue weighted by molar-refractivity contribution is 6.11. The monoisotopic (exact) mass is 490 g/mol. The fraction of sp³-hybridized carbons (Fsp3) is 0. The smallest absolute Gasteiger partial charge is 0.132 e. The average molecular weight is 491 g/mol. The highest BCUT2D eigenvalue weighted by Gasteiger charge is 2.28. The first-order valence-electron chi connectivity index (χ1n) is 12.7. The van der Waals surface area contributed by atoms with Gasteiger partial charge in [0, 0.05) is 27.8 Å². The van der Waals surface area contributed by atoms with Gasteiger partial charge in [0.15, 0.2) is 0 Å². The summed E-state index contributed by atoms with van der Waals surface area (Å²) in [4.78, 5) is 0. The lowest BCUT2D eigenvalue weighted by atomic mass is 9.78. The average Bonchev–Trinajstić information content (AvgIpc) is 2.99. The minimum absolute atomic E-state index is 0.116. The van der Waals surface area contributed by atoms with E-state index in [1.807, 2.05) is 97.1 Å². The molecule has 6 rings (SSSR count). The lowest BCUT2D eigenvalue weighted by Crippen LogP contribution is -1.99. The molecule has 0 heterocycles. The first-order valence-corrected chi connectivity index (χ1v) is 12.7. The van der Waals surface area contributed by atoms with Crippen LogP contribution in [0.2, 0.25) is 0 Å². The van der Waals surface area contributed by atoms with E-state index >= 15 is 0 Å². The zero-order valence-electron chi connectivity index (χ0n) is 20.8. The van der Waals surface area contributed by atoms with Gasteiger partial charge in [0.1, 0.15) is 11.5 Å². The quantitative estimate of drug-likeness (QED) is 0.253. The van der Waals surface area contributed by atoms with Crippen molar-refractivity contribution in [3.63, 3.8) is 0 Å². The van der Waals surface area contributed by atoms with Crippen molar-refractivity contribution >= 4 is 0 Å². The molecule has 2 nitrogen and oxygen atoms in total.